The molecule has 1 aliphatic rings. The van der Waals surface area contributed by atoms with Gasteiger partial charge >= 0.3 is 6.09 Å². The molecule has 38 heavy (non-hydrogen) atoms. The molecule has 0 spiro atoms. The number of nitrogens with zero attached hydrogens (tertiary/aromatic N) is 5. The third kappa shape index (κ3) is 6.38. The average Bonchev–Trinajstić information content (AvgIpc) is 2.95. The minimum atomic E-state index is -0.999. The number of pyridine rings is 1. The van der Waals surface area contributed by atoms with Crippen LogP contribution < -0.4 is 4.90 Å². The first-order chi connectivity index (χ1) is 18.4. The number of amides is 2. The van der Waals surface area contributed by atoms with Crippen molar-refractivity contribution in [3.05, 3.63) is 95.3 Å². The maximum Gasteiger partial charge on any atom is 0.411 e. The Bertz CT molecular complexity index is 1210. The normalized spacial score (nSPS) is 15.1. The molecule has 8 nitrogen and oxygen atoms in total. The minimum absolute atomic E-state index is 0.0336. The first-order valence-corrected chi connectivity index (χ1v) is 13.2. The molecular weight excluding hydrogens is 478 g/mol. The average molecular weight is 516 g/mol. The molecule has 0 radical (unpaired) electrons. The van der Waals surface area contributed by atoms with Crippen LogP contribution in [-0.2, 0) is 6.54 Å². The van der Waals surface area contributed by atoms with Gasteiger partial charge in [0.15, 0.2) is 0 Å². The Morgan fingerprint density at radius 3 is 2.24 bits per heavy atom. The molecule has 0 aliphatic carbocycles. The molecule has 0 saturated carbocycles. The number of aromatic nitrogens is 1. The van der Waals surface area contributed by atoms with Gasteiger partial charge in [-0.15, -0.1) is 0 Å². The predicted octanol–water partition coefficient (Wildman–Crippen LogP) is 4.59. The highest BCUT2D eigenvalue weighted by atomic mass is 16.4. The van der Waals surface area contributed by atoms with Crippen LogP contribution in [0.2, 0.25) is 0 Å². The quantitative estimate of drug-likeness (QED) is 0.449. The molecule has 1 saturated heterocycles. The van der Waals surface area contributed by atoms with Gasteiger partial charge in [0.05, 0.1) is 11.7 Å². The molecule has 1 unspecified atom stereocenters. The summed E-state index contributed by atoms with van der Waals surface area (Å²) in [5.41, 5.74) is 4.47. The van der Waals surface area contributed by atoms with Gasteiger partial charge in [0.2, 0.25) is 0 Å². The van der Waals surface area contributed by atoms with E-state index in [4.69, 9.17) is 0 Å². The highest BCUT2D eigenvalue weighted by Gasteiger charge is 2.27. The number of rotatable bonds is 9. The standard InChI is InChI=1S/C30H37N5O3/c1-4-34(5-2)29(36)24-14-12-23(13-15-24)28(25-9-8-11-27(21-25)32(3)30(37)38)35-19-17-33(18-20-35)22-26-10-6-7-16-31-26/h6-16,21,28H,4-5,17-20,22H2,1-3H3,(H,37,38). The van der Waals surface area contributed by atoms with Gasteiger partial charge in [-0.05, 0) is 61.4 Å². The summed E-state index contributed by atoms with van der Waals surface area (Å²) < 4.78 is 0. The fraction of sp³-hybridized carbons (Fsp3) is 0.367. The van der Waals surface area contributed by atoms with Gasteiger partial charge in [0, 0.05) is 70.3 Å². The zero-order valence-corrected chi connectivity index (χ0v) is 22.5. The van der Waals surface area contributed by atoms with E-state index in [1.807, 2.05) is 79.5 Å². The van der Waals surface area contributed by atoms with Crippen LogP contribution in [0.1, 0.15) is 47.1 Å². The Hall–Kier alpha value is -3.75. The van der Waals surface area contributed by atoms with Gasteiger partial charge in [0.25, 0.3) is 5.91 Å². The topological polar surface area (TPSA) is 80.2 Å². The van der Waals surface area contributed by atoms with E-state index in [0.29, 0.717) is 24.3 Å². The molecule has 1 N–H and O–H groups in total. The number of carboxylic acid groups (broad SMARTS) is 1. The van der Waals surface area contributed by atoms with E-state index in [2.05, 4.69) is 26.9 Å². The van der Waals surface area contributed by atoms with Gasteiger partial charge < -0.3 is 10.0 Å². The van der Waals surface area contributed by atoms with E-state index >= 15 is 0 Å². The summed E-state index contributed by atoms with van der Waals surface area (Å²) in [6.07, 6.45) is 0.832. The first kappa shape index (κ1) is 27.3. The van der Waals surface area contributed by atoms with Crippen molar-refractivity contribution in [2.24, 2.45) is 0 Å². The Morgan fingerprint density at radius 2 is 1.63 bits per heavy atom. The van der Waals surface area contributed by atoms with Crippen molar-refractivity contribution < 1.29 is 14.7 Å². The number of hydrogen-bond donors (Lipinski definition) is 1. The Labute approximate surface area is 225 Å². The van der Waals surface area contributed by atoms with Crippen molar-refractivity contribution in [1.82, 2.24) is 19.7 Å². The molecule has 8 heteroatoms. The SMILES string of the molecule is CCN(CC)C(=O)c1ccc(C(c2cccc(N(C)C(=O)O)c2)N2CCN(Cc3ccccn3)CC2)cc1. The molecule has 1 atom stereocenters. The maximum absolute atomic E-state index is 12.9. The second kappa shape index (κ2) is 12.7. The van der Waals surface area contributed by atoms with Gasteiger partial charge in [-0.1, -0.05) is 30.3 Å². The van der Waals surface area contributed by atoms with Crippen molar-refractivity contribution in [2.75, 3.05) is 51.2 Å². The summed E-state index contributed by atoms with van der Waals surface area (Å²) in [4.78, 5) is 36.9. The first-order valence-electron chi connectivity index (χ1n) is 13.2. The van der Waals surface area contributed by atoms with Crippen molar-refractivity contribution in [2.45, 2.75) is 26.4 Å². The smallest absolute Gasteiger partial charge is 0.411 e. The van der Waals surface area contributed by atoms with Crippen molar-refractivity contribution in [3.8, 4) is 0 Å². The Kier molecular flexibility index (Phi) is 9.10. The van der Waals surface area contributed by atoms with E-state index in [9.17, 15) is 14.7 Å². The molecule has 1 aliphatic heterocycles. The largest absolute Gasteiger partial charge is 0.465 e. The molecule has 0 bridgehead atoms. The van der Waals surface area contributed by atoms with E-state index < -0.39 is 6.09 Å². The van der Waals surface area contributed by atoms with Gasteiger partial charge in [-0.25, -0.2) is 4.79 Å². The molecule has 4 rings (SSSR count). The summed E-state index contributed by atoms with van der Waals surface area (Å²) in [5, 5.41) is 9.52. The Balaban J connectivity index is 1.60. The molecule has 200 valence electrons. The second-order valence-electron chi connectivity index (χ2n) is 9.57. The lowest BCUT2D eigenvalue weighted by Gasteiger charge is -2.40. The highest BCUT2D eigenvalue weighted by Crippen LogP contribution is 2.32. The van der Waals surface area contributed by atoms with Crippen molar-refractivity contribution >= 4 is 17.7 Å². The van der Waals surface area contributed by atoms with Crippen LogP contribution in [0, 0.1) is 0 Å². The molecule has 1 aromatic heterocycles. The number of benzene rings is 2. The van der Waals surface area contributed by atoms with Gasteiger partial charge in [-0.2, -0.15) is 0 Å². The van der Waals surface area contributed by atoms with Gasteiger partial charge in [-0.3, -0.25) is 24.5 Å². The summed E-state index contributed by atoms with van der Waals surface area (Å²) >= 11 is 0. The maximum atomic E-state index is 12.9. The number of piperazine rings is 1. The number of carbonyl (C=O) groups is 2. The zero-order chi connectivity index (χ0) is 27.1. The molecule has 2 heterocycles. The summed E-state index contributed by atoms with van der Waals surface area (Å²) in [7, 11) is 1.56. The van der Waals surface area contributed by atoms with Crippen LogP contribution in [-0.4, -0.2) is 83.1 Å². The van der Waals surface area contributed by atoms with E-state index in [-0.39, 0.29) is 11.9 Å². The van der Waals surface area contributed by atoms with E-state index in [1.165, 1.54) is 4.90 Å². The van der Waals surface area contributed by atoms with Crippen LogP contribution in [0.25, 0.3) is 0 Å². The zero-order valence-electron chi connectivity index (χ0n) is 22.5. The summed E-state index contributed by atoms with van der Waals surface area (Å²) in [6, 6.07) is 21.6. The van der Waals surface area contributed by atoms with E-state index in [0.717, 1.165) is 49.5 Å². The fourth-order valence-electron chi connectivity index (χ4n) is 5.03. The van der Waals surface area contributed by atoms with Crippen LogP contribution in [0.4, 0.5) is 10.5 Å². The molecule has 2 aromatic carbocycles. The minimum Gasteiger partial charge on any atom is -0.465 e. The lowest BCUT2D eigenvalue weighted by atomic mass is 9.94. The van der Waals surface area contributed by atoms with Crippen molar-refractivity contribution in [1.29, 1.82) is 0 Å². The third-order valence-electron chi connectivity index (χ3n) is 7.27. The number of hydrogen-bond acceptors (Lipinski definition) is 5. The molecule has 1 fully saturated rings. The van der Waals surface area contributed by atoms with Crippen molar-refractivity contribution in [3.63, 3.8) is 0 Å². The van der Waals surface area contributed by atoms with Crippen LogP contribution in [0.5, 0.6) is 0 Å². The van der Waals surface area contributed by atoms with Crippen LogP contribution >= 0.6 is 0 Å². The van der Waals surface area contributed by atoms with Crippen LogP contribution in [0.3, 0.4) is 0 Å². The highest BCUT2D eigenvalue weighted by molar-refractivity contribution is 5.94. The second-order valence-corrected chi connectivity index (χ2v) is 9.57. The number of carbonyl (C=O) groups excluding carboxylic acids is 1. The summed E-state index contributed by atoms with van der Waals surface area (Å²) in [6.45, 7) is 9.66. The lowest BCUT2D eigenvalue weighted by molar-refractivity contribution is 0.0772. The lowest BCUT2D eigenvalue weighted by Crippen LogP contribution is -2.47. The fourth-order valence-corrected chi connectivity index (χ4v) is 5.03. The van der Waals surface area contributed by atoms with Crippen LogP contribution in [0.15, 0.2) is 72.9 Å². The molecular formula is C30H37N5O3. The molecule has 3 aromatic rings. The Morgan fingerprint density at radius 1 is 0.921 bits per heavy atom. The summed E-state index contributed by atoms with van der Waals surface area (Å²) in [5.74, 6) is 0.0336. The molecule has 2 amide bonds. The van der Waals surface area contributed by atoms with E-state index in [1.54, 1.807) is 7.05 Å². The monoisotopic (exact) mass is 515 g/mol. The van der Waals surface area contributed by atoms with Gasteiger partial charge in [0.1, 0.15) is 0 Å². The predicted molar refractivity (Wildman–Crippen MR) is 149 cm³/mol. The third-order valence-corrected chi connectivity index (χ3v) is 7.27. The number of anilines is 1.